The van der Waals surface area contributed by atoms with Crippen molar-refractivity contribution in [2.45, 2.75) is 32.9 Å². The van der Waals surface area contributed by atoms with Crippen LogP contribution in [0.25, 0.3) is 11.0 Å². The third kappa shape index (κ3) is 4.49. The van der Waals surface area contributed by atoms with E-state index in [1.807, 2.05) is 30.3 Å². The molecular formula is C16H22N2O3. The molecule has 2 rings (SSSR count). The van der Waals surface area contributed by atoms with E-state index in [9.17, 15) is 9.90 Å². The Bertz CT molecular complexity index is 559. The third-order valence-electron chi connectivity index (χ3n) is 3.21. The van der Waals surface area contributed by atoms with Crippen molar-refractivity contribution in [1.82, 2.24) is 10.6 Å². The molecule has 0 aliphatic carbocycles. The van der Waals surface area contributed by atoms with Gasteiger partial charge in [0.15, 0.2) is 0 Å². The van der Waals surface area contributed by atoms with Crippen LogP contribution in [0.5, 0.6) is 0 Å². The van der Waals surface area contributed by atoms with Gasteiger partial charge in [-0.1, -0.05) is 32.0 Å². The Labute approximate surface area is 124 Å². The smallest absolute Gasteiger partial charge is 0.315 e. The fourth-order valence-corrected chi connectivity index (χ4v) is 2.28. The van der Waals surface area contributed by atoms with Crippen molar-refractivity contribution in [2.75, 3.05) is 6.61 Å². The molecule has 1 heterocycles. The van der Waals surface area contributed by atoms with Crippen molar-refractivity contribution in [3.8, 4) is 0 Å². The Kier molecular flexibility index (Phi) is 5.22. The number of rotatable bonds is 6. The summed E-state index contributed by atoms with van der Waals surface area (Å²) in [7, 11) is 0. The second-order valence-corrected chi connectivity index (χ2v) is 5.59. The van der Waals surface area contributed by atoms with Crippen LogP contribution in [-0.4, -0.2) is 23.8 Å². The van der Waals surface area contributed by atoms with Gasteiger partial charge in [0.05, 0.1) is 19.2 Å². The molecule has 0 bridgehead atoms. The summed E-state index contributed by atoms with van der Waals surface area (Å²) in [4.78, 5) is 11.8. The zero-order valence-electron chi connectivity index (χ0n) is 12.4. The van der Waals surface area contributed by atoms with Gasteiger partial charge in [-0.15, -0.1) is 0 Å². The Morgan fingerprint density at radius 3 is 2.76 bits per heavy atom. The van der Waals surface area contributed by atoms with E-state index in [1.54, 1.807) is 0 Å². The first-order chi connectivity index (χ1) is 10.1. The molecule has 2 amide bonds. The number of nitrogens with one attached hydrogen (secondary N) is 2. The first kappa shape index (κ1) is 15.4. The predicted octanol–water partition coefficient (Wildman–Crippen LogP) is 2.64. The highest BCUT2D eigenvalue weighted by Crippen LogP contribution is 2.18. The third-order valence-corrected chi connectivity index (χ3v) is 3.21. The van der Waals surface area contributed by atoms with Crippen LogP contribution in [0.15, 0.2) is 34.7 Å². The van der Waals surface area contributed by atoms with Crippen molar-refractivity contribution in [1.29, 1.82) is 0 Å². The topological polar surface area (TPSA) is 74.5 Å². The van der Waals surface area contributed by atoms with Gasteiger partial charge in [-0.25, -0.2) is 4.79 Å². The van der Waals surface area contributed by atoms with Gasteiger partial charge in [0.1, 0.15) is 11.3 Å². The number of urea groups is 1. The zero-order chi connectivity index (χ0) is 15.2. The van der Waals surface area contributed by atoms with Crippen molar-refractivity contribution >= 4 is 17.0 Å². The SMILES string of the molecule is CC(C)CC(CO)NC(=O)NCc1cc2ccccc2o1. The van der Waals surface area contributed by atoms with Crippen molar-refractivity contribution in [3.05, 3.63) is 36.1 Å². The monoisotopic (exact) mass is 290 g/mol. The minimum Gasteiger partial charge on any atom is -0.459 e. The number of aliphatic hydroxyl groups excluding tert-OH is 1. The maximum Gasteiger partial charge on any atom is 0.315 e. The number of para-hydroxylation sites is 1. The van der Waals surface area contributed by atoms with Crippen LogP contribution < -0.4 is 10.6 Å². The largest absolute Gasteiger partial charge is 0.459 e. The fourth-order valence-electron chi connectivity index (χ4n) is 2.28. The van der Waals surface area contributed by atoms with Gasteiger partial charge in [0.2, 0.25) is 0 Å². The molecule has 5 heteroatoms. The maximum atomic E-state index is 11.8. The Hall–Kier alpha value is -2.01. The number of carbonyl (C=O) groups is 1. The molecule has 0 radical (unpaired) electrons. The Balaban J connectivity index is 1.85. The molecule has 2 aromatic rings. The van der Waals surface area contributed by atoms with E-state index in [0.717, 1.165) is 17.4 Å². The minimum atomic E-state index is -0.296. The summed E-state index contributed by atoms with van der Waals surface area (Å²) >= 11 is 0. The number of aliphatic hydroxyl groups is 1. The number of hydrogen-bond donors (Lipinski definition) is 3. The average molecular weight is 290 g/mol. The fraction of sp³-hybridized carbons (Fsp3) is 0.438. The van der Waals surface area contributed by atoms with E-state index in [-0.39, 0.29) is 18.7 Å². The molecule has 1 aromatic carbocycles. The summed E-state index contributed by atoms with van der Waals surface area (Å²) in [5, 5.41) is 15.8. The van der Waals surface area contributed by atoms with Gasteiger partial charge in [0.25, 0.3) is 0 Å². The number of benzene rings is 1. The second kappa shape index (κ2) is 7.13. The van der Waals surface area contributed by atoms with Crippen LogP contribution in [0.1, 0.15) is 26.0 Å². The van der Waals surface area contributed by atoms with Gasteiger partial charge >= 0.3 is 6.03 Å². The number of furan rings is 1. The predicted molar refractivity (Wildman–Crippen MR) is 81.9 cm³/mol. The quantitative estimate of drug-likeness (QED) is 0.765. The van der Waals surface area contributed by atoms with E-state index >= 15 is 0 Å². The number of fused-ring (bicyclic) bond motifs is 1. The van der Waals surface area contributed by atoms with Crippen LogP contribution in [0.2, 0.25) is 0 Å². The van der Waals surface area contributed by atoms with Gasteiger partial charge in [0, 0.05) is 5.39 Å². The van der Waals surface area contributed by atoms with E-state index in [0.29, 0.717) is 18.2 Å². The van der Waals surface area contributed by atoms with E-state index in [2.05, 4.69) is 24.5 Å². The van der Waals surface area contributed by atoms with E-state index in [4.69, 9.17) is 4.42 Å². The zero-order valence-corrected chi connectivity index (χ0v) is 12.4. The lowest BCUT2D eigenvalue weighted by Gasteiger charge is -2.18. The Morgan fingerprint density at radius 2 is 2.10 bits per heavy atom. The van der Waals surface area contributed by atoms with Crippen LogP contribution >= 0.6 is 0 Å². The lowest BCUT2D eigenvalue weighted by molar-refractivity contribution is 0.206. The van der Waals surface area contributed by atoms with Gasteiger partial charge < -0.3 is 20.2 Å². The molecule has 3 N–H and O–H groups in total. The van der Waals surface area contributed by atoms with Crippen LogP contribution in [0.4, 0.5) is 4.79 Å². The minimum absolute atomic E-state index is 0.0593. The summed E-state index contributed by atoms with van der Waals surface area (Å²) < 4.78 is 5.62. The molecule has 21 heavy (non-hydrogen) atoms. The number of hydrogen-bond acceptors (Lipinski definition) is 3. The molecule has 0 fully saturated rings. The summed E-state index contributed by atoms with van der Waals surface area (Å²) in [6.45, 7) is 4.36. The first-order valence-corrected chi connectivity index (χ1v) is 7.21. The van der Waals surface area contributed by atoms with Gasteiger partial charge in [-0.05, 0) is 24.5 Å². The van der Waals surface area contributed by atoms with Crippen molar-refractivity contribution in [2.24, 2.45) is 5.92 Å². The van der Waals surface area contributed by atoms with E-state index in [1.165, 1.54) is 0 Å². The molecule has 0 saturated carbocycles. The highest BCUT2D eigenvalue weighted by molar-refractivity contribution is 5.78. The molecule has 1 unspecified atom stereocenters. The molecule has 1 atom stereocenters. The lowest BCUT2D eigenvalue weighted by atomic mass is 10.0. The molecule has 0 saturated heterocycles. The van der Waals surface area contributed by atoms with Crippen LogP contribution in [0.3, 0.4) is 0 Å². The molecule has 5 nitrogen and oxygen atoms in total. The highest BCUT2D eigenvalue weighted by Gasteiger charge is 2.13. The summed E-state index contributed by atoms with van der Waals surface area (Å²) in [5.41, 5.74) is 0.808. The molecule has 0 aliphatic rings. The average Bonchev–Trinajstić information content (AvgIpc) is 2.86. The van der Waals surface area contributed by atoms with Gasteiger partial charge in [-0.2, -0.15) is 0 Å². The first-order valence-electron chi connectivity index (χ1n) is 7.21. The lowest BCUT2D eigenvalue weighted by Crippen LogP contribution is -2.44. The molecule has 114 valence electrons. The van der Waals surface area contributed by atoms with Gasteiger partial charge in [-0.3, -0.25) is 0 Å². The summed E-state index contributed by atoms with van der Waals surface area (Å²) in [5.74, 6) is 1.12. The normalized spacial score (nSPS) is 12.6. The van der Waals surface area contributed by atoms with Crippen molar-refractivity contribution < 1.29 is 14.3 Å². The molecular weight excluding hydrogens is 268 g/mol. The standard InChI is InChI=1S/C16H22N2O3/c1-11(2)7-13(10-19)18-16(20)17-9-14-8-12-5-3-4-6-15(12)21-14/h3-6,8,11,13,19H,7,9-10H2,1-2H3,(H2,17,18,20). The molecule has 0 aliphatic heterocycles. The molecule has 0 spiro atoms. The van der Waals surface area contributed by atoms with Crippen LogP contribution in [0, 0.1) is 5.92 Å². The van der Waals surface area contributed by atoms with Crippen LogP contribution in [-0.2, 0) is 6.54 Å². The Morgan fingerprint density at radius 1 is 1.33 bits per heavy atom. The maximum absolute atomic E-state index is 11.8. The number of amides is 2. The van der Waals surface area contributed by atoms with E-state index < -0.39 is 0 Å². The molecule has 1 aromatic heterocycles. The summed E-state index contributed by atoms with van der Waals surface area (Å²) in [6, 6.07) is 9.10. The second-order valence-electron chi connectivity index (χ2n) is 5.59. The van der Waals surface area contributed by atoms with Crippen molar-refractivity contribution in [3.63, 3.8) is 0 Å². The highest BCUT2D eigenvalue weighted by atomic mass is 16.3. The number of carbonyl (C=O) groups excluding carboxylic acids is 1. The summed E-state index contributed by atoms with van der Waals surface area (Å²) in [6.07, 6.45) is 0.745.